The van der Waals surface area contributed by atoms with Crippen molar-refractivity contribution < 1.29 is 27.8 Å². The Balaban J connectivity index is 2.26. The molecule has 1 saturated heterocycles. The largest absolute Gasteiger partial charge is 0.420 e. The van der Waals surface area contributed by atoms with Gasteiger partial charge in [0.1, 0.15) is 6.42 Å². The highest BCUT2D eigenvalue weighted by atomic mass is 19.2. The maximum atomic E-state index is 12.9. The van der Waals surface area contributed by atoms with Crippen LogP contribution >= 0.6 is 0 Å². The Morgan fingerprint density at radius 3 is 2.25 bits per heavy atom. The van der Waals surface area contributed by atoms with E-state index in [1.165, 1.54) is 6.07 Å². The minimum Gasteiger partial charge on any atom is -0.420 e. The van der Waals surface area contributed by atoms with Gasteiger partial charge in [0.2, 0.25) is 0 Å². The highest BCUT2D eigenvalue weighted by molar-refractivity contribution is 5.92. The number of esters is 2. The predicted molar refractivity (Wildman–Crippen MR) is 45.9 cm³/mol. The van der Waals surface area contributed by atoms with Crippen molar-refractivity contribution >= 4 is 11.9 Å². The van der Waals surface area contributed by atoms with Crippen molar-refractivity contribution in [3.8, 4) is 0 Å². The maximum absolute atomic E-state index is 12.9. The molecule has 6 heteroatoms. The number of halogens is 2. The molecule has 2 rings (SSSR count). The van der Waals surface area contributed by atoms with E-state index in [4.69, 9.17) is 0 Å². The molecule has 1 aliphatic rings. The first-order chi connectivity index (χ1) is 7.56. The van der Waals surface area contributed by atoms with Gasteiger partial charge >= 0.3 is 11.9 Å². The summed E-state index contributed by atoms with van der Waals surface area (Å²) >= 11 is 0. The number of carbonyl (C=O) groups excluding carboxylic acids is 2. The molecule has 1 heterocycles. The predicted octanol–water partition coefficient (Wildman–Crippen LogP) is 1.45. The van der Waals surface area contributed by atoms with Crippen LogP contribution in [0.5, 0.6) is 0 Å². The molecule has 1 aromatic carbocycles. The molecule has 1 aliphatic heterocycles. The van der Waals surface area contributed by atoms with Crippen LogP contribution in [0.2, 0.25) is 0 Å². The molecule has 1 fully saturated rings. The first-order valence-corrected chi connectivity index (χ1v) is 4.40. The topological polar surface area (TPSA) is 52.6 Å². The Bertz CT molecular complexity index is 442. The SMILES string of the molecule is O=C1CC(=O)OC(c2ccc(F)c(F)c2)O1. The Labute approximate surface area is 88.8 Å². The van der Waals surface area contributed by atoms with Crippen LogP contribution < -0.4 is 0 Å². The van der Waals surface area contributed by atoms with Crippen molar-refractivity contribution in [1.82, 2.24) is 0 Å². The van der Waals surface area contributed by atoms with Crippen molar-refractivity contribution in [1.29, 1.82) is 0 Å². The summed E-state index contributed by atoms with van der Waals surface area (Å²) in [7, 11) is 0. The molecule has 0 amide bonds. The summed E-state index contributed by atoms with van der Waals surface area (Å²) in [6.45, 7) is 0. The van der Waals surface area contributed by atoms with E-state index in [1.807, 2.05) is 0 Å². The van der Waals surface area contributed by atoms with Crippen LogP contribution in [-0.2, 0) is 19.1 Å². The average Bonchev–Trinajstić information content (AvgIpc) is 2.20. The minimum atomic E-state index is -1.30. The van der Waals surface area contributed by atoms with Gasteiger partial charge in [-0.05, 0) is 18.2 Å². The third kappa shape index (κ3) is 2.00. The van der Waals surface area contributed by atoms with Crippen molar-refractivity contribution in [3.63, 3.8) is 0 Å². The smallest absolute Gasteiger partial charge is 0.320 e. The number of carbonyl (C=O) groups is 2. The monoisotopic (exact) mass is 228 g/mol. The zero-order valence-corrected chi connectivity index (χ0v) is 7.91. The zero-order valence-electron chi connectivity index (χ0n) is 7.91. The zero-order chi connectivity index (χ0) is 11.7. The summed E-state index contributed by atoms with van der Waals surface area (Å²) < 4.78 is 34.8. The number of hydrogen-bond acceptors (Lipinski definition) is 4. The standard InChI is InChI=1S/C10H6F2O4/c11-6-2-1-5(3-7(6)12)10-15-8(13)4-9(14)16-10/h1-3,10H,4H2. The lowest BCUT2D eigenvalue weighted by Gasteiger charge is -2.22. The molecule has 0 aromatic heterocycles. The first kappa shape index (κ1) is 10.5. The maximum Gasteiger partial charge on any atom is 0.320 e. The minimum absolute atomic E-state index is 0.0697. The van der Waals surface area contributed by atoms with Crippen LogP contribution in [-0.4, -0.2) is 11.9 Å². The molecule has 0 atom stereocenters. The van der Waals surface area contributed by atoms with Gasteiger partial charge in [0.15, 0.2) is 11.6 Å². The third-order valence-corrected chi connectivity index (χ3v) is 1.98. The quantitative estimate of drug-likeness (QED) is 0.539. The fraction of sp³-hybridized carbons (Fsp3) is 0.200. The summed E-state index contributed by atoms with van der Waals surface area (Å²) in [4.78, 5) is 21.8. The van der Waals surface area contributed by atoms with Gasteiger partial charge in [-0.25, -0.2) is 8.78 Å². The fourth-order valence-electron chi connectivity index (χ4n) is 1.26. The van der Waals surface area contributed by atoms with Crippen molar-refractivity contribution in [3.05, 3.63) is 35.4 Å². The summed E-state index contributed by atoms with van der Waals surface area (Å²) in [5, 5.41) is 0. The number of ether oxygens (including phenoxy) is 2. The van der Waals surface area contributed by atoms with Gasteiger partial charge in [0.25, 0.3) is 6.29 Å². The van der Waals surface area contributed by atoms with Gasteiger partial charge in [-0.3, -0.25) is 9.59 Å². The van der Waals surface area contributed by atoms with E-state index in [0.29, 0.717) is 0 Å². The van der Waals surface area contributed by atoms with Crippen LogP contribution in [0.1, 0.15) is 18.3 Å². The van der Waals surface area contributed by atoms with E-state index in [-0.39, 0.29) is 5.56 Å². The van der Waals surface area contributed by atoms with Gasteiger partial charge in [-0.2, -0.15) is 0 Å². The van der Waals surface area contributed by atoms with Crippen molar-refractivity contribution in [2.24, 2.45) is 0 Å². The van der Waals surface area contributed by atoms with E-state index in [9.17, 15) is 18.4 Å². The Kier molecular flexibility index (Phi) is 2.55. The van der Waals surface area contributed by atoms with E-state index >= 15 is 0 Å². The number of hydrogen-bond donors (Lipinski definition) is 0. The van der Waals surface area contributed by atoms with Crippen LogP contribution in [0.3, 0.4) is 0 Å². The van der Waals surface area contributed by atoms with Gasteiger partial charge in [-0.1, -0.05) is 0 Å². The highest BCUT2D eigenvalue weighted by Crippen LogP contribution is 2.25. The molecule has 0 N–H and O–H groups in total. The lowest BCUT2D eigenvalue weighted by atomic mass is 10.2. The van der Waals surface area contributed by atoms with E-state index in [0.717, 1.165) is 12.1 Å². The summed E-state index contributed by atoms with van der Waals surface area (Å²) in [6, 6.07) is 2.85. The number of benzene rings is 1. The molecule has 0 spiro atoms. The summed E-state index contributed by atoms with van der Waals surface area (Å²) in [5.74, 6) is -3.65. The Morgan fingerprint density at radius 1 is 1.06 bits per heavy atom. The Morgan fingerprint density at radius 2 is 1.69 bits per heavy atom. The number of rotatable bonds is 1. The van der Waals surface area contributed by atoms with E-state index in [1.54, 1.807) is 0 Å². The van der Waals surface area contributed by atoms with Crippen molar-refractivity contribution in [2.45, 2.75) is 12.7 Å². The van der Waals surface area contributed by atoms with Crippen molar-refractivity contribution in [2.75, 3.05) is 0 Å². The second-order valence-corrected chi connectivity index (χ2v) is 3.16. The molecular weight excluding hydrogens is 222 g/mol. The normalized spacial score (nSPS) is 16.9. The van der Waals surface area contributed by atoms with Crippen LogP contribution in [0, 0.1) is 11.6 Å². The second-order valence-electron chi connectivity index (χ2n) is 3.16. The lowest BCUT2D eigenvalue weighted by Crippen LogP contribution is -2.26. The first-order valence-electron chi connectivity index (χ1n) is 4.40. The van der Waals surface area contributed by atoms with Gasteiger partial charge < -0.3 is 9.47 Å². The third-order valence-electron chi connectivity index (χ3n) is 1.98. The van der Waals surface area contributed by atoms with Crippen LogP contribution in [0.15, 0.2) is 18.2 Å². The summed E-state index contributed by atoms with van der Waals surface area (Å²) in [6.07, 6.45) is -1.77. The second kappa shape index (κ2) is 3.88. The van der Waals surface area contributed by atoms with E-state index < -0.39 is 36.3 Å². The average molecular weight is 228 g/mol. The Hall–Kier alpha value is -1.98. The van der Waals surface area contributed by atoms with Gasteiger partial charge in [-0.15, -0.1) is 0 Å². The molecule has 0 unspecified atom stereocenters. The summed E-state index contributed by atoms with van der Waals surface area (Å²) in [5.41, 5.74) is 0.0697. The van der Waals surface area contributed by atoms with E-state index in [2.05, 4.69) is 9.47 Å². The van der Waals surface area contributed by atoms with Gasteiger partial charge in [0, 0.05) is 5.56 Å². The molecule has 0 saturated carbocycles. The molecular formula is C10H6F2O4. The highest BCUT2D eigenvalue weighted by Gasteiger charge is 2.29. The molecule has 16 heavy (non-hydrogen) atoms. The van der Waals surface area contributed by atoms with Crippen LogP contribution in [0.4, 0.5) is 8.78 Å². The molecule has 4 nitrogen and oxygen atoms in total. The van der Waals surface area contributed by atoms with Gasteiger partial charge in [0.05, 0.1) is 0 Å². The fourth-order valence-corrected chi connectivity index (χ4v) is 1.26. The number of cyclic esters (lactones) is 2. The molecule has 0 bridgehead atoms. The van der Waals surface area contributed by atoms with Crippen LogP contribution in [0.25, 0.3) is 0 Å². The molecule has 0 radical (unpaired) electrons. The molecule has 0 aliphatic carbocycles. The molecule has 84 valence electrons. The molecule has 1 aromatic rings. The lowest BCUT2D eigenvalue weighted by molar-refractivity contribution is -0.205.